The van der Waals surface area contributed by atoms with Crippen LogP contribution in [0.25, 0.3) is 11.3 Å². The van der Waals surface area contributed by atoms with E-state index in [1.165, 1.54) is 0 Å². The molecule has 0 amide bonds. The van der Waals surface area contributed by atoms with E-state index < -0.39 is 0 Å². The molecule has 0 aliphatic rings. The van der Waals surface area contributed by atoms with Crippen LogP contribution in [0.2, 0.25) is 0 Å². The van der Waals surface area contributed by atoms with Gasteiger partial charge in [-0.25, -0.2) is 0 Å². The van der Waals surface area contributed by atoms with E-state index in [0.29, 0.717) is 18.3 Å². The molecule has 20 heavy (non-hydrogen) atoms. The minimum absolute atomic E-state index is 0.404. The van der Waals surface area contributed by atoms with Crippen LogP contribution in [0.5, 0.6) is 11.5 Å². The lowest BCUT2D eigenvalue weighted by atomic mass is 10.1. The molecule has 5 nitrogen and oxygen atoms in total. The van der Waals surface area contributed by atoms with Gasteiger partial charge in [0.1, 0.15) is 11.5 Å². The third-order valence-corrected chi connectivity index (χ3v) is 2.92. The summed E-state index contributed by atoms with van der Waals surface area (Å²) in [6.45, 7) is 4.85. The Hall–Kier alpha value is -2.01. The molecule has 1 N–H and O–H groups in total. The van der Waals surface area contributed by atoms with Gasteiger partial charge < -0.3 is 19.3 Å². The predicted molar refractivity (Wildman–Crippen MR) is 77.0 cm³/mol. The molecule has 0 fully saturated rings. The van der Waals surface area contributed by atoms with Gasteiger partial charge in [0.25, 0.3) is 0 Å². The number of hydrogen-bond acceptors (Lipinski definition) is 5. The van der Waals surface area contributed by atoms with Crippen molar-refractivity contribution in [3.63, 3.8) is 0 Å². The molecule has 0 saturated carbocycles. The minimum Gasteiger partial charge on any atom is -0.497 e. The summed E-state index contributed by atoms with van der Waals surface area (Å²) in [7, 11) is 3.26. The molecule has 1 heterocycles. The number of methoxy groups -OCH3 is 2. The Morgan fingerprint density at radius 3 is 2.65 bits per heavy atom. The number of benzene rings is 1. The van der Waals surface area contributed by atoms with Crippen molar-refractivity contribution in [3.05, 3.63) is 30.0 Å². The van der Waals surface area contributed by atoms with Crippen LogP contribution in [-0.2, 0) is 6.54 Å². The van der Waals surface area contributed by atoms with Crippen LogP contribution < -0.4 is 14.8 Å². The van der Waals surface area contributed by atoms with Crippen molar-refractivity contribution >= 4 is 0 Å². The Bertz CT molecular complexity index is 564. The van der Waals surface area contributed by atoms with Gasteiger partial charge in [0, 0.05) is 18.7 Å². The topological polar surface area (TPSA) is 56.5 Å². The molecule has 2 aromatic rings. The predicted octanol–water partition coefficient (Wildman–Crippen LogP) is 2.86. The van der Waals surface area contributed by atoms with Gasteiger partial charge in [0.15, 0.2) is 5.76 Å². The lowest BCUT2D eigenvalue weighted by Gasteiger charge is -2.07. The summed E-state index contributed by atoms with van der Waals surface area (Å²) >= 11 is 0. The molecule has 0 bridgehead atoms. The van der Waals surface area contributed by atoms with Crippen molar-refractivity contribution in [3.8, 4) is 22.8 Å². The SMILES string of the molecule is COc1ccc(OC)c(-c2cc(CNC(C)C)no2)c1. The lowest BCUT2D eigenvalue weighted by molar-refractivity contribution is 0.395. The molecule has 1 aromatic heterocycles. The van der Waals surface area contributed by atoms with Gasteiger partial charge >= 0.3 is 0 Å². The van der Waals surface area contributed by atoms with Crippen molar-refractivity contribution in [1.29, 1.82) is 0 Å². The van der Waals surface area contributed by atoms with Gasteiger partial charge in [-0.05, 0) is 18.2 Å². The smallest absolute Gasteiger partial charge is 0.171 e. The molecule has 108 valence electrons. The van der Waals surface area contributed by atoms with Crippen LogP contribution in [0, 0.1) is 0 Å². The molecule has 0 saturated heterocycles. The Labute approximate surface area is 118 Å². The number of hydrogen-bond donors (Lipinski definition) is 1. The highest BCUT2D eigenvalue weighted by molar-refractivity contribution is 5.67. The van der Waals surface area contributed by atoms with Crippen molar-refractivity contribution in [2.75, 3.05) is 14.2 Å². The molecule has 0 radical (unpaired) electrons. The van der Waals surface area contributed by atoms with Crippen molar-refractivity contribution in [2.24, 2.45) is 0 Å². The third-order valence-electron chi connectivity index (χ3n) is 2.92. The molecule has 2 rings (SSSR count). The van der Waals surface area contributed by atoms with Crippen LogP contribution in [0.3, 0.4) is 0 Å². The van der Waals surface area contributed by atoms with Gasteiger partial charge in [-0.1, -0.05) is 19.0 Å². The highest BCUT2D eigenvalue weighted by atomic mass is 16.5. The molecular formula is C15H20N2O3. The number of aromatic nitrogens is 1. The Kier molecular flexibility index (Phi) is 4.63. The molecule has 0 atom stereocenters. The summed E-state index contributed by atoms with van der Waals surface area (Å²) in [6, 6.07) is 7.88. The highest BCUT2D eigenvalue weighted by Gasteiger charge is 2.13. The van der Waals surface area contributed by atoms with E-state index in [2.05, 4.69) is 24.3 Å². The number of ether oxygens (including phenoxy) is 2. The largest absolute Gasteiger partial charge is 0.497 e. The molecule has 5 heteroatoms. The van der Waals surface area contributed by atoms with Gasteiger partial charge in [-0.2, -0.15) is 0 Å². The second kappa shape index (κ2) is 6.43. The zero-order valence-corrected chi connectivity index (χ0v) is 12.3. The van der Waals surface area contributed by atoms with Crippen LogP contribution in [0.15, 0.2) is 28.8 Å². The summed E-state index contributed by atoms with van der Waals surface area (Å²) in [5, 5.41) is 7.36. The maximum Gasteiger partial charge on any atom is 0.171 e. The van der Waals surface area contributed by atoms with Crippen molar-refractivity contribution in [2.45, 2.75) is 26.4 Å². The first-order valence-corrected chi connectivity index (χ1v) is 6.55. The minimum atomic E-state index is 0.404. The molecule has 0 unspecified atom stereocenters. The maximum absolute atomic E-state index is 5.40. The van der Waals surface area contributed by atoms with Crippen molar-refractivity contribution in [1.82, 2.24) is 10.5 Å². The van der Waals surface area contributed by atoms with Gasteiger partial charge in [-0.3, -0.25) is 0 Å². The van der Waals surface area contributed by atoms with Crippen molar-refractivity contribution < 1.29 is 14.0 Å². The average Bonchev–Trinajstić information content (AvgIpc) is 2.93. The second-order valence-electron chi connectivity index (χ2n) is 4.78. The first-order valence-electron chi connectivity index (χ1n) is 6.55. The lowest BCUT2D eigenvalue weighted by Crippen LogP contribution is -2.21. The normalized spacial score (nSPS) is 10.8. The molecular weight excluding hydrogens is 256 g/mol. The van der Waals surface area contributed by atoms with E-state index in [1.807, 2.05) is 24.3 Å². The fourth-order valence-electron chi connectivity index (χ4n) is 1.84. The molecule has 0 aliphatic carbocycles. The van der Waals surface area contributed by atoms with Gasteiger partial charge in [0.05, 0.1) is 25.5 Å². The zero-order chi connectivity index (χ0) is 14.5. The van der Waals surface area contributed by atoms with E-state index >= 15 is 0 Å². The van der Waals surface area contributed by atoms with E-state index in [-0.39, 0.29) is 0 Å². The fourth-order valence-corrected chi connectivity index (χ4v) is 1.84. The second-order valence-corrected chi connectivity index (χ2v) is 4.78. The highest BCUT2D eigenvalue weighted by Crippen LogP contribution is 2.33. The van der Waals surface area contributed by atoms with Crippen LogP contribution in [0.1, 0.15) is 19.5 Å². The summed E-state index contributed by atoms with van der Waals surface area (Å²) in [4.78, 5) is 0. The number of nitrogens with zero attached hydrogens (tertiary/aromatic N) is 1. The van der Waals surface area contributed by atoms with E-state index in [1.54, 1.807) is 14.2 Å². The standard InChI is InChI=1S/C15H20N2O3/c1-10(2)16-9-11-7-15(20-17-11)13-8-12(18-3)5-6-14(13)19-4/h5-8,10,16H,9H2,1-4H3. The number of nitrogens with one attached hydrogen (secondary N) is 1. The van der Waals surface area contributed by atoms with E-state index in [4.69, 9.17) is 14.0 Å². The Morgan fingerprint density at radius 2 is 2.00 bits per heavy atom. The van der Waals surface area contributed by atoms with E-state index in [9.17, 15) is 0 Å². The summed E-state index contributed by atoms with van der Waals surface area (Å²) in [5.41, 5.74) is 1.69. The summed E-state index contributed by atoms with van der Waals surface area (Å²) < 4.78 is 16.0. The average molecular weight is 276 g/mol. The van der Waals surface area contributed by atoms with E-state index in [0.717, 1.165) is 22.8 Å². The van der Waals surface area contributed by atoms with Crippen LogP contribution >= 0.6 is 0 Å². The van der Waals surface area contributed by atoms with Crippen LogP contribution in [0.4, 0.5) is 0 Å². The fraction of sp³-hybridized carbons (Fsp3) is 0.400. The van der Waals surface area contributed by atoms with Crippen LogP contribution in [-0.4, -0.2) is 25.4 Å². The zero-order valence-electron chi connectivity index (χ0n) is 12.3. The first kappa shape index (κ1) is 14.4. The summed E-state index contributed by atoms with van der Waals surface area (Å²) in [6.07, 6.45) is 0. The maximum atomic E-state index is 5.40. The molecule has 1 aromatic carbocycles. The third kappa shape index (κ3) is 3.30. The summed E-state index contributed by atoms with van der Waals surface area (Å²) in [5.74, 6) is 2.14. The molecule has 0 spiro atoms. The quantitative estimate of drug-likeness (QED) is 0.879. The Morgan fingerprint density at radius 1 is 1.20 bits per heavy atom. The van der Waals surface area contributed by atoms with Gasteiger partial charge in [-0.15, -0.1) is 0 Å². The first-order chi connectivity index (χ1) is 9.63. The monoisotopic (exact) mass is 276 g/mol. The Balaban J connectivity index is 2.26. The number of rotatable bonds is 6. The van der Waals surface area contributed by atoms with Gasteiger partial charge in [0.2, 0.25) is 0 Å². The molecule has 0 aliphatic heterocycles.